The van der Waals surface area contributed by atoms with Crippen molar-refractivity contribution in [3.05, 3.63) is 38.3 Å². The van der Waals surface area contributed by atoms with Gasteiger partial charge in [-0.1, -0.05) is 55.4 Å². The van der Waals surface area contributed by atoms with Gasteiger partial charge in [0.05, 0.1) is 229 Å². The molecule has 35 nitrogen and oxygen atoms in total. The lowest BCUT2D eigenvalue weighted by Gasteiger charge is -2.13. The van der Waals surface area contributed by atoms with E-state index in [1.165, 1.54) is 48.0 Å². The molecular formula is C54H117ClN4O31S5. The molecule has 0 fully saturated rings. The van der Waals surface area contributed by atoms with Crippen molar-refractivity contribution in [2.45, 2.75) is 35.6 Å². The zero-order valence-corrected chi connectivity index (χ0v) is 60.2. The Hall–Kier alpha value is -3.09. The van der Waals surface area contributed by atoms with Crippen LogP contribution in [-0.4, -0.2) is 348 Å². The minimum atomic E-state index is -3.42. The number of hydrogen-bond acceptors (Lipinski definition) is 32. The molecule has 0 aliphatic carbocycles. The first-order valence-electron chi connectivity index (χ1n) is 28.5. The van der Waals surface area contributed by atoms with Gasteiger partial charge in [0.25, 0.3) is 40.5 Å². The van der Waals surface area contributed by atoms with Crippen molar-refractivity contribution in [1.82, 2.24) is 20.0 Å². The number of hydrogen-bond donors (Lipinski definition) is 3. The first-order chi connectivity index (χ1) is 43.9. The molecule has 95 heavy (non-hydrogen) atoms. The molecule has 0 aromatic heterocycles. The van der Waals surface area contributed by atoms with Gasteiger partial charge in [0.2, 0.25) is 28.3 Å². The Balaban J connectivity index is -0.000000137. The molecule has 576 valence electrons. The second kappa shape index (κ2) is 83.3. The van der Waals surface area contributed by atoms with E-state index in [0.29, 0.717) is 164 Å². The Labute approximate surface area is 573 Å². The standard InChI is InChI=1S/C14H24N2O5.2C10H22O9S2.C8H18O5.C6H15N.C3H5NO.CH3ClO2S.2CH4/c1-3-15(13-17)5-7-19-9-11-21-12-10-20-8-6-16(4-2)14-18;2*1-20(11,12)18-9-7-16-5-3-15-4-6-17-8-10-19-21(2,13)14;9-1-3-11-5-7-13-8-6-12-4-2-10;1-4-7(5-2)6-3;1-2-4-3-5;1-5(2,3)4;;/h3-4,13-14H,1-2,5-12H2;2*3-10H2,1-2H3;9-10H,1-8H2;4-6H2,1-3H3;2-3H,1H2,(H,4,5);1H3;2*1H4. The number of nitrogens with zero attached hydrogens (tertiary/aromatic N) is 3. The highest BCUT2D eigenvalue weighted by molar-refractivity contribution is 8.13. The maximum Gasteiger partial charge on any atom is 0.264 e. The molecule has 0 atom stereocenters. The van der Waals surface area contributed by atoms with Gasteiger partial charge >= 0.3 is 0 Å². The number of carbonyl (C=O) groups is 3. The van der Waals surface area contributed by atoms with Crippen LogP contribution in [0.2, 0.25) is 0 Å². The summed E-state index contributed by atoms with van der Waals surface area (Å²) in [5.41, 5.74) is 0. The summed E-state index contributed by atoms with van der Waals surface area (Å²) >= 11 is 0. The average Bonchev–Trinajstić information content (AvgIpc) is 3.49. The second-order valence-electron chi connectivity index (χ2n) is 16.7. The maximum atomic E-state index is 10.6. The summed E-state index contributed by atoms with van der Waals surface area (Å²) in [7, 11) is -12.4. The van der Waals surface area contributed by atoms with Crippen LogP contribution in [0.25, 0.3) is 0 Å². The van der Waals surface area contributed by atoms with Crippen LogP contribution < -0.4 is 5.32 Å². The quantitative estimate of drug-likeness (QED) is 0.0310. The highest BCUT2D eigenvalue weighted by Crippen LogP contribution is 1.93. The zero-order valence-electron chi connectivity index (χ0n) is 55.3. The van der Waals surface area contributed by atoms with Crippen molar-refractivity contribution in [1.29, 1.82) is 0 Å². The largest absolute Gasteiger partial charge is 0.394 e. The fourth-order valence-corrected chi connectivity index (χ4v) is 6.19. The van der Waals surface area contributed by atoms with Crippen LogP contribution in [0.15, 0.2) is 38.3 Å². The molecule has 0 unspecified atom stereocenters. The Kier molecular flexibility index (Phi) is 96.9. The summed E-state index contributed by atoms with van der Waals surface area (Å²) in [4.78, 5) is 35.3. The smallest absolute Gasteiger partial charge is 0.264 e. The van der Waals surface area contributed by atoms with Gasteiger partial charge in [0.15, 0.2) is 0 Å². The van der Waals surface area contributed by atoms with E-state index in [1.54, 1.807) is 0 Å². The predicted molar refractivity (Wildman–Crippen MR) is 360 cm³/mol. The summed E-state index contributed by atoms with van der Waals surface area (Å²) in [6.45, 7) is 29.9. The molecule has 0 saturated carbocycles. The second-order valence-corrected chi connectivity index (χ2v) is 26.4. The minimum absolute atomic E-state index is 0. The number of amides is 3. The molecule has 0 aliphatic heterocycles. The lowest BCUT2D eigenvalue weighted by atomic mass is 10.5. The normalized spacial score (nSPS) is 10.9. The van der Waals surface area contributed by atoms with E-state index in [4.69, 9.17) is 67.1 Å². The lowest BCUT2D eigenvalue weighted by Crippen LogP contribution is -2.22. The summed E-state index contributed by atoms with van der Waals surface area (Å²) in [6.07, 6.45) is 11.0. The summed E-state index contributed by atoms with van der Waals surface area (Å²) in [5, 5.41) is 18.9. The molecule has 0 aromatic carbocycles. The van der Waals surface area contributed by atoms with Crippen LogP contribution in [-0.2, 0) is 137 Å². The van der Waals surface area contributed by atoms with Gasteiger partial charge in [0.1, 0.15) is 0 Å². The van der Waals surface area contributed by atoms with Gasteiger partial charge < -0.3 is 87.1 Å². The highest BCUT2D eigenvalue weighted by Gasteiger charge is 2.05. The van der Waals surface area contributed by atoms with Crippen molar-refractivity contribution < 1.29 is 140 Å². The molecule has 41 heteroatoms. The molecule has 3 amide bonds. The van der Waals surface area contributed by atoms with Crippen LogP contribution in [0.4, 0.5) is 0 Å². The van der Waals surface area contributed by atoms with E-state index in [-0.39, 0.29) is 80.9 Å². The third-order valence-electron chi connectivity index (χ3n) is 8.80. The molecule has 0 heterocycles. The molecule has 0 aliphatic rings. The molecule has 0 radical (unpaired) electrons. The number of halogens is 1. The number of carbonyl (C=O) groups excluding carboxylic acids is 3. The van der Waals surface area contributed by atoms with Crippen molar-refractivity contribution >= 4 is 79.4 Å². The molecule has 0 saturated heterocycles. The van der Waals surface area contributed by atoms with Gasteiger partial charge in [-0.15, -0.1) is 0 Å². The first kappa shape index (κ1) is 111. The fraction of sp³-hybridized carbons (Fsp3) is 0.833. The topological polar surface area (TPSA) is 432 Å². The predicted octanol–water partition coefficient (Wildman–Crippen LogP) is -0.0810. The molecule has 0 aromatic rings. The van der Waals surface area contributed by atoms with E-state index in [0.717, 1.165) is 31.3 Å². The van der Waals surface area contributed by atoms with E-state index >= 15 is 0 Å². The van der Waals surface area contributed by atoms with E-state index in [9.17, 15) is 56.5 Å². The number of rotatable bonds is 59. The lowest BCUT2D eigenvalue weighted by molar-refractivity contribution is -0.117. The van der Waals surface area contributed by atoms with Crippen LogP contribution in [0.3, 0.4) is 0 Å². The maximum absolute atomic E-state index is 10.6. The summed E-state index contributed by atoms with van der Waals surface area (Å²) in [5.74, 6) is 0. The minimum Gasteiger partial charge on any atom is -0.394 e. The van der Waals surface area contributed by atoms with Crippen molar-refractivity contribution in [2.75, 3.05) is 262 Å². The highest BCUT2D eigenvalue weighted by atomic mass is 35.7. The van der Waals surface area contributed by atoms with Crippen LogP contribution >= 0.6 is 10.7 Å². The van der Waals surface area contributed by atoms with Gasteiger partial charge in [-0.05, 0) is 38.2 Å². The third-order valence-corrected chi connectivity index (χ3v) is 11.2. The van der Waals surface area contributed by atoms with Gasteiger partial charge in [-0.2, -0.15) is 33.7 Å². The molecule has 0 bridgehead atoms. The van der Waals surface area contributed by atoms with E-state index in [1.807, 2.05) is 0 Å². The Morgan fingerprint density at radius 1 is 0.358 bits per heavy atom. The summed E-state index contributed by atoms with van der Waals surface area (Å²) < 4.78 is 183. The van der Waals surface area contributed by atoms with Crippen molar-refractivity contribution in [3.8, 4) is 0 Å². The van der Waals surface area contributed by atoms with Crippen LogP contribution in [0, 0.1) is 0 Å². The number of aliphatic hydroxyl groups excluding tert-OH is 2. The Bertz CT molecular complexity index is 1990. The van der Waals surface area contributed by atoms with Crippen molar-refractivity contribution in [2.24, 2.45) is 0 Å². The van der Waals surface area contributed by atoms with Gasteiger partial charge in [0, 0.05) is 23.8 Å². The van der Waals surface area contributed by atoms with Crippen LogP contribution in [0.5, 0.6) is 0 Å². The zero-order chi connectivity index (χ0) is 72.2. The van der Waals surface area contributed by atoms with Crippen molar-refractivity contribution in [3.63, 3.8) is 0 Å². The molecule has 0 spiro atoms. The molecule has 0 rings (SSSR count). The van der Waals surface area contributed by atoms with Gasteiger partial charge in [-0.25, -0.2) is 8.42 Å². The first-order valence-corrected chi connectivity index (χ1v) is 38.5. The Morgan fingerprint density at radius 3 is 0.653 bits per heavy atom. The molecule has 3 N–H and O–H groups in total. The average molecular weight is 1510 g/mol. The Morgan fingerprint density at radius 2 is 0.537 bits per heavy atom. The number of aliphatic hydroxyl groups is 2. The number of nitrogens with one attached hydrogen (secondary N) is 1. The van der Waals surface area contributed by atoms with Gasteiger partial charge in [-0.3, -0.25) is 31.1 Å². The van der Waals surface area contributed by atoms with E-state index < -0.39 is 49.5 Å². The third kappa shape index (κ3) is 135. The molecular weight excluding hydrogens is 1400 g/mol. The van der Waals surface area contributed by atoms with Crippen LogP contribution in [0.1, 0.15) is 35.6 Å². The fourth-order valence-electron chi connectivity index (χ4n) is 4.71. The SMILES string of the molecule is C.C.C=CN(C=O)CCOCCOCCOCCN(C=C)C=O.C=CNC=O.CCN(CC)CC.CS(=O)(=O)Cl.CS(=O)(=O)OCCOCCOCCOCCOS(C)(=O)=O.CS(=O)(=O)OCCOCCOCCOCCOS(C)(=O)=O.OCCOCCOCCOCCO. The monoisotopic (exact) mass is 1510 g/mol. The summed E-state index contributed by atoms with van der Waals surface area (Å²) in [6, 6.07) is 0. The number of ether oxygens (including phenoxy) is 12. The van der Waals surface area contributed by atoms with E-state index in [2.05, 4.69) is 78.1 Å².